The first kappa shape index (κ1) is 21.8. The molecule has 1 atom stereocenters. The molecular weight excluding hydrogens is 373 g/mol. The third-order valence-electron chi connectivity index (χ3n) is 4.55. The molecule has 28 heavy (non-hydrogen) atoms. The van der Waals surface area contributed by atoms with Crippen molar-refractivity contribution in [1.29, 1.82) is 0 Å². The van der Waals surface area contributed by atoms with Crippen LogP contribution in [0.15, 0.2) is 23.3 Å². The first-order valence-corrected chi connectivity index (χ1v) is 9.30. The summed E-state index contributed by atoms with van der Waals surface area (Å²) >= 11 is 0. The van der Waals surface area contributed by atoms with E-state index in [0.29, 0.717) is 25.3 Å². The van der Waals surface area contributed by atoms with Gasteiger partial charge in [-0.15, -0.1) is 0 Å². The third-order valence-corrected chi connectivity index (χ3v) is 4.55. The normalized spacial score (nSPS) is 18.1. The van der Waals surface area contributed by atoms with E-state index >= 15 is 0 Å². The fourth-order valence-electron chi connectivity index (χ4n) is 3.21. The number of rotatable bonds is 7. The Morgan fingerprint density at radius 3 is 2.79 bits per heavy atom. The molecule has 1 amide bonds. The number of likely N-dealkylation sites (tertiary alicyclic amines) is 1. The van der Waals surface area contributed by atoms with E-state index in [-0.39, 0.29) is 11.8 Å². The second-order valence-electron chi connectivity index (χ2n) is 6.81. The number of carbonyl (C=O) groups excluding carboxylic acids is 1. The standard InChI is InChI=1S/C18H27F3N6O/c1-23-17(27-9-2-4-13(12-27)10-15(22)28)25-8-3-7-24-16-6-5-14(11-26-16)18(19,20)21/h5-6,11,13H,2-4,7-10,12H2,1H3,(H2,22,28)(H,23,25)(H,24,26). The summed E-state index contributed by atoms with van der Waals surface area (Å²) in [7, 11) is 1.71. The monoisotopic (exact) mass is 400 g/mol. The van der Waals surface area contributed by atoms with Crippen LogP contribution < -0.4 is 16.4 Å². The topological polar surface area (TPSA) is 95.6 Å². The first-order chi connectivity index (χ1) is 13.3. The van der Waals surface area contributed by atoms with Gasteiger partial charge in [-0.25, -0.2) is 4.98 Å². The number of nitrogens with one attached hydrogen (secondary N) is 2. The van der Waals surface area contributed by atoms with E-state index in [1.165, 1.54) is 6.07 Å². The predicted molar refractivity (Wildman–Crippen MR) is 102 cm³/mol. The Kier molecular flexibility index (Phi) is 7.89. The van der Waals surface area contributed by atoms with Crippen molar-refractivity contribution in [2.75, 3.05) is 38.5 Å². The molecule has 1 aliphatic rings. The van der Waals surface area contributed by atoms with Crippen molar-refractivity contribution in [3.05, 3.63) is 23.9 Å². The van der Waals surface area contributed by atoms with Crippen LogP contribution in [0.25, 0.3) is 0 Å². The number of hydrogen-bond donors (Lipinski definition) is 3. The Balaban J connectivity index is 1.71. The van der Waals surface area contributed by atoms with Crippen molar-refractivity contribution < 1.29 is 18.0 Å². The van der Waals surface area contributed by atoms with Crippen LogP contribution in [0.4, 0.5) is 19.0 Å². The van der Waals surface area contributed by atoms with Gasteiger partial charge in [0.1, 0.15) is 5.82 Å². The van der Waals surface area contributed by atoms with E-state index in [9.17, 15) is 18.0 Å². The van der Waals surface area contributed by atoms with Crippen LogP contribution in [0.1, 0.15) is 31.2 Å². The number of nitrogens with zero attached hydrogens (tertiary/aromatic N) is 3. The number of alkyl halides is 3. The highest BCUT2D eigenvalue weighted by atomic mass is 19.4. The van der Waals surface area contributed by atoms with Crippen LogP contribution in [-0.2, 0) is 11.0 Å². The van der Waals surface area contributed by atoms with Crippen LogP contribution >= 0.6 is 0 Å². The predicted octanol–water partition coefficient (Wildman–Crippen LogP) is 2.07. The van der Waals surface area contributed by atoms with Gasteiger partial charge in [0.05, 0.1) is 5.56 Å². The number of hydrogen-bond acceptors (Lipinski definition) is 4. The lowest BCUT2D eigenvalue weighted by atomic mass is 9.95. The highest BCUT2D eigenvalue weighted by Crippen LogP contribution is 2.28. The second kappa shape index (κ2) is 10.1. The highest BCUT2D eigenvalue weighted by Gasteiger charge is 2.30. The molecule has 1 fully saturated rings. The van der Waals surface area contributed by atoms with Crippen molar-refractivity contribution in [1.82, 2.24) is 15.2 Å². The second-order valence-corrected chi connectivity index (χ2v) is 6.81. The molecule has 1 aromatic rings. The number of aliphatic imine (C=N–C) groups is 1. The summed E-state index contributed by atoms with van der Waals surface area (Å²) in [5.41, 5.74) is 4.53. The molecule has 4 N–H and O–H groups in total. The molecule has 0 radical (unpaired) electrons. The molecule has 1 saturated heterocycles. The van der Waals surface area contributed by atoms with E-state index in [1.54, 1.807) is 7.05 Å². The zero-order chi connectivity index (χ0) is 20.6. The van der Waals surface area contributed by atoms with E-state index in [0.717, 1.165) is 50.6 Å². The Bertz CT molecular complexity index is 662. The summed E-state index contributed by atoms with van der Waals surface area (Å²) in [4.78, 5) is 21.3. The quantitative estimate of drug-likeness (QED) is 0.370. The largest absolute Gasteiger partial charge is 0.417 e. The van der Waals surface area contributed by atoms with Crippen molar-refractivity contribution >= 4 is 17.7 Å². The Morgan fingerprint density at radius 2 is 2.18 bits per heavy atom. The Morgan fingerprint density at radius 1 is 1.39 bits per heavy atom. The summed E-state index contributed by atoms with van der Waals surface area (Å²) in [5.74, 6) is 1.15. The molecule has 0 bridgehead atoms. The maximum Gasteiger partial charge on any atom is 0.417 e. The van der Waals surface area contributed by atoms with Gasteiger partial charge in [-0.3, -0.25) is 9.79 Å². The van der Waals surface area contributed by atoms with Gasteiger partial charge < -0.3 is 21.3 Å². The number of guanidine groups is 1. The van der Waals surface area contributed by atoms with Crippen LogP contribution in [0, 0.1) is 5.92 Å². The lowest BCUT2D eigenvalue weighted by Crippen LogP contribution is -2.47. The van der Waals surface area contributed by atoms with Crippen molar-refractivity contribution in [3.63, 3.8) is 0 Å². The zero-order valence-corrected chi connectivity index (χ0v) is 15.9. The summed E-state index contributed by atoms with van der Waals surface area (Å²) in [6.07, 6.45) is -0.463. The van der Waals surface area contributed by atoms with Gasteiger partial charge in [-0.1, -0.05) is 0 Å². The number of amides is 1. The molecule has 0 spiro atoms. The number of nitrogens with two attached hydrogens (primary N) is 1. The molecule has 0 saturated carbocycles. The number of aromatic nitrogens is 1. The van der Waals surface area contributed by atoms with Gasteiger partial charge in [-0.05, 0) is 37.3 Å². The van der Waals surface area contributed by atoms with Crippen LogP contribution in [0.2, 0.25) is 0 Å². The maximum atomic E-state index is 12.5. The third kappa shape index (κ3) is 6.90. The Labute approximate surface area is 162 Å². The summed E-state index contributed by atoms with van der Waals surface area (Å²) < 4.78 is 37.5. The minimum atomic E-state index is -4.38. The maximum absolute atomic E-state index is 12.5. The molecule has 2 heterocycles. The first-order valence-electron chi connectivity index (χ1n) is 9.30. The van der Waals surface area contributed by atoms with Crippen molar-refractivity contribution in [3.8, 4) is 0 Å². The number of halogens is 3. The molecule has 2 rings (SSSR count). The molecule has 1 aromatic heterocycles. The molecule has 0 aliphatic carbocycles. The Hall–Kier alpha value is -2.52. The van der Waals surface area contributed by atoms with Gasteiger partial charge in [0, 0.05) is 45.8 Å². The number of carbonyl (C=O) groups is 1. The van der Waals surface area contributed by atoms with Crippen LogP contribution in [0.3, 0.4) is 0 Å². The van der Waals surface area contributed by atoms with Gasteiger partial charge >= 0.3 is 6.18 Å². The molecule has 7 nitrogen and oxygen atoms in total. The zero-order valence-electron chi connectivity index (χ0n) is 15.9. The molecule has 0 aromatic carbocycles. The molecule has 10 heteroatoms. The molecular formula is C18H27F3N6O. The summed E-state index contributed by atoms with van der Waals surface area (Å²) in [6, 6.07) is 2.33. The summed E-state index contributed by atoms with van der Waals surface area (Å²) in [6.45, 7) is 2.84. The molecule has 1 aliphatic heterocycles. The smallest absolute Gasteiger partial charge is 0.370 e. The average molecular weight is 400 g/mol. The molecule has 156 valence electrons. The van der Waals surface area contributed by atoms with Gasteiger partial charge in [0.25, 0.3) is 0 Å². The summed E-state index contributed by atoms with van der Waals surface area (Å²) in [5, 5.41) is 6.28. The lowest BCUT2D eigenvalue weighted by molar-refractivity contribution is -0.137. The average Bonchev–Trinajstić information content (AvgIpc) is 2.64. The number of primary amides is 1. The highest BCUT2D eigenvalue weighted by molar-refractivity contribution is 5.80. The molecule has 1 unspecified atom stereocenters. The lowest BCUT2D eigenvalue weighted by Gasteiger charge is -2.34. The van der Waals surface area contributed by atoms with Crippen molar-refractivity contribution in [2.24, 2.45) is 16.6 Å². The van der Waals surface area contributed by atoms with Crippen LogP contribution in [-0.4, -0.2) is 55.0 Å². The van der Waals surface area contributed by atoms with Crippen molar-refractivity contribution in [2.45, 2.75) is 31.9 Å². The fraction of sp³-hybridized carbons (Fsp3) is 0.611. The van der Waals surface area contributed by atoms with E-state index in [1.807, 2.05) is 0 Å². The van der Waals surface area contributed by atoms with Gasteiger partial charge in [-0.2, -0.15) is 13.2 Å². The van der Waals surface area contributed by atoms with E-state index in [2.05, 4.69) is 25.5 Å². The minimum absolute atomic E-state index is 0.247. The number of pyridine rings is 1. The fourth-order valence-corrected chi connectivity index (χ4v) is 3.21. The number of anilines is 1. The van der Waals surface area contributed by atoms with Gasteiger partial charge in [0.2, 0.25) is 5.91 Å². The SMILES string of the molecule is CN=C(NCCCNc1ccc(C(F)(F)F)cn1)N1CCCC(CC(N)=O)C1. The number of piperidine rings is 1. The van der Waals surface area contributed by atoms with Gasteiger partial charge in [0.15, 0.2) is 5.96 Å². The van der Waals surface area contributed by atoms with E-state index in [4.69, 9.17) is 5.73 Å². The van der Waals surface area contributed by atoms with E-state index < -0.39 is 11.7 Å². The minimum Gasteiger partial charge on any atom is -0.370 e. The van der Waals surface area contributed by atoms with Crippen LogP contribution in [0.5, 0.6) is 0 Å².